The van der Waals surface area contributed by atoms with Crippen molar-refractivity contribution in [2.24, 2.45) is 0 Å². The average molecular weight is 335 g/mol. The Morgan fingerprint density at radius 2 is 2.43 bits per heavy atom. The van der Waals surface area contributed by atoms with Gasteiger partial charge in [0.2, 0.25) is 0 Å². The molecule has 1 fully saturated rings. The first kappa shape index (κ1) is 16.0. The quantitative estimate of drug-likeness (QED) is 0.911. The monoisotopic (exact) mass is 335 g/mol. The number of nitrogens with one attached hydrogen (secondary N) is 1. The number of urea groups is 1. The number of nitrogens with zero attached hydrogens (tertiary/aromatic N) is 2. The summed E-state index contributed by atoms with van der Waals surface area (Å²) >= 11 is 1.56. The Balaban J connectivity index is 1.63. The molecule has 124 valence electrons. The van der Waals surface area contributed by atoms with Crippen LogP contribution < -0.4 is 5.32 Å². The van der Waals surface area contributed by atoms with Crippen molar-refractivity contribution in [3.63, 3.8) is 0 Å². The zero-order valence-corrected chi connectivity index (χ0v) is 14.2. The molecule has 7 heteroatoms. The molecule has 3 rings (SSSR count). The molecule has 23 heavy (non-hydrogen) atoms. The normalized spacial score (nSPS) is 17.7. The minimum atomic E-state index is -0.0509. The van der Waals surface area contributed by atoms with Crippen molar-refractivity contribution >= 4 is 17.4 Å². The minimum Gasteiger partial charge on any atom is -0.461 e. The fraction of sp³-hybridized carbons (Fsp3) is 0.500. The topological polar surface area (TPSA) is 67.6 Å². The molecule has 3 heterocycles. The maximum atomic E-state index is 12.5. The molecular weight excluding hydrogens is 314 g/mol. The Labute approximate surface area is 139 Å². The van der Waals surface area contributed by atoms with Gasteiger partial charge in [0.05, 0.1) is 23.8 Å². The van der Waals surface area contributed by atoms with Crippen molar-refractivity contribution in [3.8, 4) is 0 Å². The lowest BCUT2D eigenvalue weighted by molar-refractivity contribution is 0.156. The molecular formula is C16H21N3O3S. The predicted octanol–water partition coefficient (Wildman–Crippen LogP) is 3.24. The number of methoxy groups -OCH3 is 1. The van der Waals surface area contributed by atoms with E-state index >= 15 is 0 Å². The number of rotatable bonds is 5. The summed E-state index contributed by atoms with van der Waals surface area (Å²) in [6.45, 7) is 3.67. The van der Waals surface area contributed by atoms with Crippen LogP contribution in [0.15, 0.2) is 22.1 Å². The molecule has 2 aromatic heterocycles. The first-order valence-electron chi connectivity index (χ1n) is 7.70. The standard InChI is InChI=1S/C16H21N3O3S/c1-11-15(23-10-18-11)8-17-16(20)19-7-3-4-13(19)14-6-5-12(22-14)9-21-2/h5-6,10,13H,3-4,7-9H2,1-2H3,(H,17,20)/t13-/m0/s1. The van der Waals surface area contributed by atoms with Crippen molar-refractivity contribution in [1.29, 1.82) is 0 Å². The molecule has 1 aliphatic heterocycles. The molecule has 1 aliphatic rings. The SMILES string of the molecule is COCc1ccc([C@@H]2CCCN2C(=O)NCc2scnc2C)o1. The number of ether oxygens (including phenoxy) is 1. The number of amides is 2. The second kappa shape index (κ2) is 7.14. The van der Waals surface area contributed by atoms with Crippen LogP contribution in [0.3, 0.4) is 0 Å². The third-order valence-electron chi connectivity index (χ3n) is 4.06. The van der Waals surface area contributed by atoms with Crippen LogP contribution in [0.4, 0.5) is 4.79 Å². The zero-order valence-electron chi connectivity index (χ0n) is 13.4. The predicted molar refractivity (Wildman–Crippen MR) is 87.2 cm³/mol. The van der Waals surface area contributed by atoms with Crippen LogP contribution in [-0.4, -0.2) is 29.6 Å². The second-order valence-electron chi connectivity index (χ2n) is 5.61. The highest BCUT2D eigenvalue weighted by Gasteiger charge is 2.32. The number of thiazole rings is 1. The Bertz CT molecular complexity index is 667. The van der Waals surface area contributed by atoms with E-state index in [-0.39, 0.29) is 12.1 Å². The van der Waals surface area contributed by atoms with E-state index in [1.54, 1.807) is 24.0 Å². The lowest BCUT2D eigenvalue weighted by atomic mass is 10.2. The zero-order chi connectivity index (χ0) is 16.2. The summed E-state index contributed by atoms with van der Waals surface area (Å²) in [5, 5.41) is 2.99. The fourth-order valence-electron chi connectivity index (χ4n) is 2.85. The third-order valence-corrected chi connectivity index (χ3v) is 4.99. The van der Waals surface area contributed by atoms with Crippen LogP contribution in [0.1, 0.15) is 41.0 Å². The van der Waals surface area contributed by atoms with E-state index < -0.39 is 0 Å². The van der Waals surface area contributed by atoms with E-state index in [0.29, 0.717) is 13.2 Å². The van der Waals surface area contributed by atoms with Crippen molar-refractivity contribution < 1.29 is 13.9 Å². The molecule has 0 saturated carbocycles. The van der Waals surface area contributed by atoms with E-state index in [9.17, 15) is 4.79 Å². The molecule has 0 aromatic carbocycles. The van der Waals surface area contributed by atoms with E-state index in [0.717, 1.165) is 41.5 Å². The van der Waals surface area contributed by atoms with Crippen LogP contribution in [0.5, 0.6) is 0 Å². The Morgan fingerprint density at radius 1 is 1.57 bits per heavy atom. The van der Waals surface area contributed by atoms with Crippen LogP contribution in [-0.2, 0) is 17.9 Å². The van der Waals surface area contributed by atoms with Gasteiger partial charge in [-0.05, 0) is 31.9 Å². The molecule has 0 radical (unpaired) electrons. The van der Waals surface area contributed by atoms with Crippen LogP contribution >= 0.6 is 11.3 Å². The summed E-state index contributed by atoms with van der Waals surface area (Å²) < 4.78 is 10.9. The molecule has 2 aromatic rings. The van der Waals surface area contributed by atoms with Gasteiger partial charge in [0, 0.05) is 18.5 Å². The molecule has 2 amide bonds. The number of likely N-dealkylation sites (tertiary alicyclic amines) is 1. The van der Waals surface area contributed by atoms with Gasteiger partial charge < -0.3 is 19.4 Å². The van der Waals surface area contributed by atoms with E-state index in [2.05, 4.69) is 10.3 Å². The van der Waals surface area contributed by atoms with Crippen molar-refractivity contribution in [2.75, 3.05) is 13.7 Å². The van der Waals surface area contributed by atoms with Gasteiger partial charge >= 0.3 is 6.03 Å². The minimum absolute atomic E-state index is 0.00293. The van der Waals surface area contributed by atoms with Gasteiger partial charge in [-0.25, -0.2) is 9.78 Å². The van der Waals surface area contributed by atoms with Crippen molar-refractivity contribution in [2.45, 2.75) is 39.0 Å². The Hall–Kier alpha value is -1.86. The molecule has 6 nitrogen and oxygen atoms in total. The molecule has 0 unspecified atom stereocenters. The van der Waals surface area contributed by atoms with Crippen LogP contribution in [0.2, 0.25) is 0 Å². The number of hydrogen-bond acceptors (Lipinski definition) is 5. The van der Waals surface area contributed by atoms with E-state index in [1.165, 1.54) is 0 Å². The van der Waals surface area contributed by atoms with Gasteiger partial charge in [0.15, 0.2) is 0 Å². The Kier molecular flexibility index (Phi) is 4.97. The second-order valence-corrected chi connectivity index (χ2v) is 6.55. The largest absolute Gasteiger partial charge is 0.461 e. The summed E-state index contributed by atoms with van der Waals surface area (Å²) in [6, 6.07) is 3.81. The smallest absolute Gasteiger partial charge is 0.318 e. The van der Waals surface area contributed by atoms with Crippen molar-refractivity contribution in [3.05, 3.63) is 39.7 Å². The highest BCUT2D eigenvalue weighted by molar-refractivity contribution is 7.09. The maximum Gasteiger partial charge on any atom is 0.318 e. The first-order chi connectivity index (χ1) is 11.2. The van der Waals surface area contributed by atoms with Gasteiger partial charge in [0.25, 0.3) is 0 Å². The molecule has 0 aliphatic carbocycles. The summed E-state index contributed by atoms with van der Waals surface area (Å²) in [6.07, 6.45) is 1.91. The molecule has 0 bridgehead atoms. The summed E-state index contributed by atoms with van der Waals surface area (Å²) in [5.74, 6) is 1.62. The first-order valence-corrected chi connectivity index (χ1v) is 8.58. The van der Waals surface area contributed by atoms with Gasteiger partial charge in [-0.15, -0.1) is 11.3 Å². The molecule has 0 spiro atoms. The van der Waals surface area contributed by atoms with Gasteiger partial charge in [0.1, 0.15) is 18.1 Å². The highest BCUT2D eigenvalue weighted by Crippen LogP contribution is 2.33. The van der Waals surface area contributed by atoms with Gasteiger partial charge in [-0.2, -0.15) is 0 Å². The number of aromatic nitrogens is 1. The van der Waals surface area contributed by atoms with E-state index in [4.69, 9.17) is 9.15 Å². The van der Waals surface area contributed by atoms with Gasteiger partial charge in [-0.3, -0.25) is 0 Å². The Morgan fingerprint density at radius 3 is 3.17 bits per heavy atom. The number of furan rings is 1. The summed E-state index contributed by atoms with van der Waals surface area (Å²) in [5.41, 5.74) is 2.78. The maximum absolute atomic E-state index is 12.5. The number of hydrogen-bond donors (Lipinski definition) is 1. The van der Waals surface area contributed by atoms with Crippen molar-refractivity contribution in [1.82, 2.24) is 15.2 Å². The lowest BCUT2D eigenvalue weighted by Gasteiger charge is -2.23. The molecule has 1 saturated heterocycles. The fourth-order valence-corrected chi connectivity index (χ4v) is 3.57. The number of carbonyl (C=O) groups is 1. The van der Waals surface area contributed by atoms with Crippen LogP contribution in [0.25, 0.3) is 0 Å². The van der Waals surface area contributed by atoms with Crippen LogP contribution in [0, 0.1) is 6.92 Å². The lowest BCUT2D eigenvalue weighted by Crippen LogP contribution is -2.39. The molecule has 1 atom stereocenters. The van der Waals surface area contributed by atoms with Gasteiger partial charge in [-0.1, -0.05) is 0 Å². The highest BCUT2D eigenvalue weighted by atomic mass is 32.1. The average Bonchev–Trinajstić information content (AvgIpc) is 3.25. The number of carbonyl (C=O) groups excluding carboxylic acids is 1. The number of aryl methyl sites for hydroxylation is 1. The molecule has 1 N–H and O–H groups in total. The summed E-state index contributed by atoms with van der Waals surface area (Å²) in [4.78, 5) is 19.6. The summed E-state index contributed by atoms with van der Waals surface area (Å²) in [7, 11) is 1.64. The third kappa shape index (κ3) is 3.56. The van der Waals surface area contributed by atoms with E-state index in [1.807, 2.05) is 24.0 Å².